The Balaban J connectivity index is 0.000000213. The van der Waals surface area contributed by atoms with Crippen LogP contribution in [0.15, 0.2) is 84.9 Å². The summed E-state index contributed by atoms with van der Waals surface area (Å²) in [5.74, 6) is 0.00390. The first kappa shape index (κ1) is 48.9. The maximum atomic E-state index is 12.4. The van der Waals surface area contributed by atoms with Crippen LogP contribution >= 0.6 is 15.8 Å². The van der Waals surface area contributed by atoms with E-state index in [4.69, 9.17) is 19.7 Å². The van der Waals surface area contributed by atoms with Gasteiger partial charge in [0.25, 0.3) is 0 Å². The van der Waals surface area contributed by atoms with E-state index in [0.29, 0.717) is 18.6 Å². The second kappa shape index (κ2) is 19.3. The molecule has 0 radical (unpaired) electrons. The highest BCUT2D eigenvalue weighted by atomic mass is 31.1. The normalized spacial score (nSPS) is 20.0. The minimum atomic E-state index is -0.508. The molecule has 0 amide bonds. The number of anilines is 2. The standard InChI is InChI=1S/C26H36NO2P.C24H32NOP.C2H6O2/c1-19-11-10-13-21(27(6)7)23(19)20-12-8-9-14-22(20)30-24(2,3)17-26(18-25(30,4)5)28-15-16-29-26;1-17-11-10-13-20(25(6)7)22(17)19-12-8-9-14-21(19)27-23(2,3)15-18(26)16-24(27,4)5;3-1-2-4/h8-14H,15-18H2,1-7H3;8-14H,15-16H2,1-7H3;3-4H,1-2H2. The van der Waals surface area contributed by atoms with Crippen LogP contribution in [0.2, 0.25) is 0 Å². The minimum Gasteiger partial charge on any atom is -0.394 e. The van der Waals surface area contributed by atoms with E-state index >= 15 is 0 Å². The van der Waals surface area contributed by atoms with Crippen LogP contribution in [0.5, 0.6) is 0 Å². The van der Waals surface area contributed by atoms with Crippen LogP contribution in [-0.4, -0.2) is 97.0 Å². The van der Waals surface area contributed by atoms with Crippen LogP contribution in [0.3, 0.4) is 0 Å². The number of hydrogen-bond donors (Lipinski definition) is 2. The molecular formula is C52H74N2O5P2. The van der Waals surface area contributed by atoms with E-state index in [-0.39, 0.29) is 33.8 Å². The molecule has 332 valence electrons. The van der Waals surface area contributed by atoms with Gasteiger partial charge in [0.05, 0.1) is 26.4 Å². The number of carbonyl (C=O) groups is 1. The Labute approximate surface area is 370 Å². The third kappa shape index (κ3) is 10.6. The van der Waals surface area contributed by atoms with E-state index in [1.54, 1.807) is 0 Å². The molecule has 3 heterocycles. The first-order valence-electron chi connectivity index (χ1n) is 21.9. The Bertz CT molecular complexity index is 2090. The van der Waals surface area contributed by atoms with Crippen molar-refractivity contribution < 1.29 is 24.5 Å². The fraction of sp³-hybridized carbons (Fsp3) is 0.519. The van der Waals surface area contributed by atoms with E-state index in [1.807, 2.05) is 0 Å². The molecule has 9 heteroatoms. The Morgan fingerprint density at radius 2 is 0.902 bits per heavy atom. The van der Waals surface area contributed by atoms with Crippen LogP contribution in [0.25, 0.3) is 22.3 Å². The number of benzene rings is 4. The lowest BCUT2D eigenvalue weighted by atomic mass is 9.91. The quantitative estimate of drug-likeness (QED) is 0.179. The van der Waals surface area contributed by atoms with Crippen molar-refractivity contribution in [2.24, 2.45) is 0 Å². The molecule has 0 aromatic heterocycles. The van der Waals surface area contributed by atoms with Crippen LogP contribution in [0.1, 0.15) is 92.2 Å². The SMILES string of the molecule is Cc1cccc(N(C)C)c1-c1ccccc1P1C(C)(C)CC(=O)CC1(C)C.Cc1cccc(N(C)C)c1-c1ccccc1P1C(C)(C)CC2(CC1(C)C)OCCO2.OCCO. The van der Waals surface area contributed by atoms with Gasteiger partial charge in [-0.25, -0.2) is 0 Å². The summed E-state index contributed by atoms with van der Waals surface area (Å²) in [6.45, 7) is 24.5. The molecule has 0 atom stereocenters. The fourth-order valence-corrected chi connectivity index (χ4v) is 19.6. The summed E-state index contributed by atoms with van der Waals surface area (Å²) in [5.41, 5.74) is 10.6. The van der Waals surface area contributed by atoms with E-state index in [1.165, 1.54) is 55.4 Å². The minimum absolute atomic E-state index is 0.00519. The van der Waals surface area contributed by atoms with Crippen molar-refractivity contribution in [3.8, 4) is 22.3 Å². The monoisotopic (exact) mass is 869 g/mol. The molecule has 7 nitrogen and oxygen atoms in total. The Morgan fingerprint density at radius 3 is 1.26 bits per heavy atom. The van der Waals surface area contributed by atoms with E-state index in [0.717, 1.165) is 26.1 Å². The van der Waals surface area contributed by atoms with Crippen molar-refractivity contribution in [1.82, 2.24) is 0 Å². The van der Waals surface area contributed by atoms with Crippen LogP contribution in [0, 0.1) is 13.8 Å². The lowest BCUT2D eigenvalue weighted by Gasteiger charge is -2.55. The Hall–Kier alpha value is -3.15. The predicted octanol–water partition coefficient (Wildman–Crippen LogP) is 10.7. The van der Waals surface area contributed by atoms with Gasteiger partial charge in [-0.05, 0) is 79.5 Å². The molecule has 0 unspecified atom stereocenters. The lowest BCUT2D eigenvalue weighted by Crippen LogP contribution is -2.52. The van der Waals surface area contributed by atoms with Crippen molar-refractivity contribution in [2.75, 3.05) is 64.4 Å². The molecule has 0 aliphatic carbocycles. The number of rotatable bonds is 7. The highest BCUT2D eigenvalue weighted by molar-refractivity contribution is 7.69. The van der Waals surface area contributed by atoms with Crippen molar-refractivity contribution in [1.29, 1.82) is 0 Å². The van der Waals surface area contributed by atoms with Gasteiger partial charge in [-0.3, -0.25) is 4.79 Å². The third-order valence-electron chi connectivity index (χ3n) is 12.3. The van der Waals surface area contributed by atoms with Gasteiger partial charge in [0, 0.05) is 76.4 Å². The summed E-state index contributed by atoms with van der Waals surface area (Å²) in [7, 11) is 7.53. The molecular weight excluding hydrogens is 795 g/mol. The summed E-state index contributed by atoms with van der Waals surface area (Å²) in [4.78, 5) is 16.9. The molecule has 4 aromatic rings. The Morgan fingerprint density at radius 1 is 0.541 bits per heavy atom. The number of aliphatic hydroxyl groups excluding tert-OH is 2. The number of aryl methyl sites for hydroxylation is 2. The average molecular weight is 869 g/mol. The lowest BCUT2D eigenvalue weighted by molar-refractivity contribution is -0.178. The van der Waals surface area contributed by atoms with Gasteiger partial charge in [-0.2, -0.15) is 0 Å². The molecule has 7 rings (SSSR count). The van der Waals surface area contributed by atoms with Crippen LogP contribution in [0.4, 0.5) is 11.4 Å². The summed E-state index contributed by atoms with van der Waals surface area (Å²) < 4.78 is 12.4. The van der Waals surface area contributed by atoms with E-state index in [2.05, 4.69) is 192 Å². The van der Waals surface area contributed by atoms with E-state index in [9.17, 15) is 4.79 Å². The summed E-state index contributed by atoms with van der Waals surface area (Å²) >= 11 is 0. The predicted molar refractivity (Wildman–Crippen MR) is 264 cm³/mol. The summed E-state index contributed by atoms with van der Waals surface area (Å²) in [5, 5.41) is 18.4. The smallest absolute Gasteiger partial charge is 0.170 e. The number of hydrogen-bond acceptors (Lipinski definition) is 7. The molecule has 1 spiro atoms. The van der Waals surface area contributed by atoms with Gasteiger partial charge < -0.3 is 29.5 Å². The summed E-state index contributed by atoms with van der Waals surface area (Å²) in [6, 6.07) is 31.2. The first-order chi connectivity index (χ1) is 28.5. The van der Waals surface area contributed by atoms with E-state index < -0.39 is 21.6 Å². The highest BCUT2D eigenvalue weighted by Gasteiger charge is 2.57. The zero-order chi connectivity index (χ0) is 45.1. The topological polar surface area (TPSA) is 82.5 Å². The van der Waals surface area contributed by atoms with Crippen molar-refractivity contribution in [2.45, 2.75) is 121 Å². The second-order valence-corrected chi connectivity index (χ2v) is 27.1. The molecule has 3 fully saturated rings. The molecule has 3 aliphatic rings. The Kier molecular flexibility index (Phi) is 15.5. The largest absolute Gasteiger partial charge is 0.394 e. The van der Waals surface area contributed by atoms with Gasteiger partial charge in [0.15, 0.2) is 5.79 Å². The first-order valence-corrected chi connectivity index (χ1v) is 24.6. The molecule has 0 bridgehead atoms. The zero-order valence-corrected chi connectivity index (χ0v) is 41.4. The number of ketones is 1. The van der Waals surface area contributed by atoms with Crippen LogP contribution in [-0.2, 0) is 14.3 Å². The fourth-order valence-electron chi connectivity index (χ4n) is 10.9. The molecule has 4 aromatic carbocycles. The number of aliphatic hydroxyl groups is 2. The zero-order valence-electron chi connectivity index (χ0n) is 39.6. The average Bonchev–Trinajstić information content (AvgIpc) is 3.59. The van der Waals surface area contributed by atoms with Gasteiger partial charge in [-0.15, -0.1) is 0 Å². The maximum Gasteiger partial charge on any atom is 0.170 e. The molecule has 0 saturated carbocycles. The van der Waals surface area contributed by atoms with Crippen molar-refractivity contribution >= 4 is 43.6 Å². The van der Waals surface area contributed by atoms with Gasteiger partial charge >= 0.3 is 0 Å². The van der Waals surface area contributed by atoms with Crippen LogP contribution < -0.4 is 20.4 Å². The number of carbonyl (C=O) groups excluding carboxylic acids is 1. The number of nitrogens with zero attached hydrogens (tertiary/aromatic N) is 2. The van der Waals surface area contributed by atoms with Crippen molar-refractivity contribution in [3.63, 3.8) is 0 Å². The van der Waals surface area contributed by atoms with Gasteiger partial charge in [0.2, 0.25) is 0 Å². The molecule has 3 aliphatic heterocycles. The molecule has 61 heavy (non-hydrogen) atoms. The third-order valence-corrected chi connectivity index (χ3v) is 19.5. The second-order valence-electron chi connectivity index (χ2n) is 20.0. The highest BCUT2D eigenvalue weighted by Crippen LogP contribution is 2.69. The van der Waals surface area contributed by atoms with Gasteiger partial charge in [-0.1, -0.05) is 144 Å². The number of ether oxygens (including phenoxy) is 2. The molecule has 2 N–H and O–H groups in total. The summed E-state index contributed by atoms with van der Waals surface area (Å²) in [6.07, 6.45) is 3.28. The maximum absolute atomic E-state index is 12.4. The number of Topliss-reactive ketones (excluding diaryl/α,β-unsaturated/α-hetero) is 1. The van der Waals surface area contributed by atoms with Crippen molar-refractivity contribution in [3.05, 3.63) is 96.1 Å². The van der Waals surface area contributed by atoms with Gasteiger partial charge in [0.1, 0.15) is 5.78 Å². The molecule has 3 saturated heterocycles.